The molecule has 26 heavy (non-hydrogen) atoms. The Morgan fingerprint density at radius 2 is 1.62 bits per heavy atom. The number of para-hydroxylation sites is 1. The fraction of sp³-hybridized carbons (Fsp3) is 0.222. The second-order valence-electron chi connectivity index (χ2n) is 5.01. The highest BCUT2D eigenvalue weighted by Crippen LogP contribution is 2.35. The molecule has 0 aromatic heterocycles. The van der Waals surface area contributed by atoms with Crippen LogP contribution in [-0.4, -0.2) is 39.8 Å². The van der Waals surface area contributed by atoms with E-state index in [4.69, 9.17) is 30.5 Å². The molecule has 1 amide bonds. The summed E-state index contributed by atoms with van der Waals surface area (Å²) in [5.41, 5.74) is 0.570. The van der Waals surface area contributed by atoms with Crippen molar-refractivity contribution in [3.05, 3.63) is 47.0 Å². The lowest BCUT2D eigenvalue weighted by molar-refractivity contribution is -0.119. The number of esters is 1. The third-order valence-corrected chi connectivity index (χ3v) is 3.70. The molecule has 0 unspecified atom stereocenters. The van der Waals surface area contributed by atoms with Gasteiger partial charge in [-0.25, -0.2) is 4.79 Å². The molecule has 0 saturated heterocycles. The quantitative estimate of drug-likeness (QED) is 0.744. The zero-order valence-electron chi connectivity index (χ0n) is 14.5. The molecular weight excluding hydrogens is 362 g/mol. The molecule has 0 spiro atoms. The standard InChI is InChI=1S/C18H18ClNO6/c1-23-14-7-5-4-6-11(14)18(22)26-10-17(21)20-13-9-15(24-2)12(19)8-16(13)25-3/h4-9H,10H2,1-3H3,(H,20,21). The molecule has 2 aromatic carbocycles. The average Bonchev–Trinajstić information content (AvgIpc) is 2.66. The smallest absolute Gasteiger partial charge is 0.342 e. The molecule has 138 valence electrons. The molecule has 0 aliphatic carbocycles. The summed E-state index contributed by atoms with van der Waals surface area (Å²) >= 11 is 6.02. The van der Waals surface area contributed by atoms with Crippen molar-refractivity contribution in [2.45, 2.75) is 0 Å². The Labute approximate surface area is 155 Å². The van der Waals surface area contributed by atoms with Gasteiger partial charge in [0.05, 0.1) is 32.0 Å². The molecule has 0 saturated carbocycles. The van der Waals surface area contributed by atoms with Gasteiger partial charge in [-0.05, 0) is 12.1 Å². The molecule has 0 aliphatic heterocycles. The number of rotatable bonds is 7. The summed E-state index contributed by atoms with van der Waals surface area (Å²) < 4.78 is 20.4. The number of anilines is 1. The summed E-state index contributed by atoms with van der Waals surface area (Å²) in [5, 5.41) is 2.93. The van der Waals surface area contributed by atoms with Crippen molar-refractivity contribution in [1.82, 2.24) is 0 Å². The molecule has 0 aliphatic rings. The Kier molecular flexibility index (Phi) is 6.68. The fourth-order valence-electron chi connectivity index (χ4n) is 2.17. The van der Waals surface area contributed by atoms with Crippen LogP contribution < -0.4 is 19.5 Å². The van der Waals surface area contributed by atoms with Gasteiger partial charge in [-0.1, -0.05) is 23.7 Å². The predicted molar refractivity (Wildman–Crippen MR) is 96.5 cm³/mol. The summed E-state index contributed by atoms with van der Waals surface area (Å²) in [4.78, 5) is 24.2. The van der Waals surface area contributed by atoms with Crippen LogP contribution in [-0.2, 0) is 9.53 Å². The molecule has 0 atom stereocenters. The fourth-order valence-corrected chi connectivity index (χ4v) is 2.40. The van der Waals surface area contributed by atoms with Gasteiger partial charge in [-0.2, -0.15) is 0 Å². The molecule has 0 bridgehead atoms. The van der Waals surface area contributed by atoms with Crippen LogP contribution in [0.15, 0.2) is 36.4 Å². The highest BCUT2D eigenvalue weighted by molar-refractivity contribution is 6.32. The van der Waals surface area contributed by atoms with Crippen molar-refractivity contribution in [3.63, 3.8) is 0 Å². The second kappa shape index (κ2) is 8.96. The van der Waals surface area contributed by atoms with E-state index in [0.717, 1.165) is 0 Å². The molecule has 2 aromatic rings. The first-order valence-corrected chi connectivity index (χ1v) is 7.89. The van der Waals surface area contributed by atoms with Gasteiger partial charge in [0.15, 0.2) is 6.61 Å². The Morgan fingerprint density at radius 3 is 2.27 bits per heavy atom. The SMILES string of the molecule is COc1cc(NC(=O)COC(=O)c2ccccc2OC)c(OC)cc1Cl. The number of benzene rings is 2. The third-order valence-electron chi connectivity index (χ3n) is 3.41. The van der Waals surface area contributed by atoms with E-state index in [1.54, 1.807) is 24.3 Å². The van der Waals surface area contributed by atoms with Gasteiger partial charge in [0.2, 0.25) is 0 Å². The first kappa shape index (κ1) is 19.4. The lowest BCUT2D eigenvalue weighted by Gasteiger charge is -2.13. The average molecular weight is 380 g/mol. The van der Waals surface area contributed by atoms with Crippen molar-refractivity contribution < 1.29 is 28.5 Å². The molecular formula is C18H18ClNO6. The van der Waals surface area contributed by atoms with Crippen LogP contribution in [0.5, 0.6) is 17.2 Å². The van der Waals surface area contributed by atoms with Gasteiger partial charge < -0.3 is 24.3 Å². The number of halogens is 1. The van der Waals surface area contributed by atoms with E-state index < -0.39 is 18.5 Å². The van der Waals surface area contributed by atoms with Gasteiger partial charge in [0, 0.05) is 12.1 Å². The normalized spacial score (nSPS) is 10.0. The number of nitrogens with one attached hydrogen (secondary N) is 1. The number of hydrogen-bond acceptors (Lipinski definition) is 6. The van der Waals surface area contributed by atoms with Gasteiger partial charge >= 0.3 is 5.97 Å². The minimum atomic E-state index is -0.668. The van der Waals surface area contributed by atoms with Gasteiger partial charge in [0.1, 0.15) is 22.8 Å². The lowest BCUT2D eigenvalue weighted by atomic mass is 10.2. The summed E-state index contributed by atoms with van der Waals surface area (Å²) in [6.45, 7) is -0.481. The van der Waals surface area contributed by atoms with Gasteiger partial charge in [-0.15, -0.1) is 0 Å². The van der Waals surface area contributed by atoms with E-state index >= 15 is 0 Å². The number of methoxy groups -OCH3 is 3. The van der Waals surface area contributed by atoms with E-state index in [1.165, 1.54) is 33.5 Å². The predicted octanol–water partition coefficient (Wildman–Crippen LogP) is 3.16. The molecule has 7 nitrogen and oxygen atoms in total. The van der Waals surface area contributed by atoms with Crippen molar-refractivity contribution in [3.8, 4) is 17.2 Å². The maximum atomic E-state index is 12.1. The van der Waals surface area contributed by atoms with E-state index in [0.29, 0.717) is 28.0 Å². The summed E-state index contributed by atoms with van der Waals surface area (Å²) in [5.74, 6) is -0.134. The van der Waals surface area contributed by atoms with Crippen molar-refractivity contribution in [2.75, 3.05) is 33.3 Å². The van der Waals surface area contributed by atoms with E-state index in [2.05, 4.69) is 5.32 Å². The Bertz CT molecular complexity index is 808. The topological polar surface area (TPSA) is 83.1 Å². The molecule has 0 heterocycles. The zero-order valence-corrected chi connectivity index (χ0v) is 15.3. The Morgan fingerprint density at radius 1 is 0.962 bits per heavy atom. The largest absolute Gasteiger partial charge is 0.496 e. The zero-order chi connectivity index (χ0) is 19.1. The van der Waals surface area contributed by atoms with Crippen LogP contribution >= 0.6 is 11.6 Å². The number of ether oxygens (including phenoxy) is 4. The number of amides is 1. The Hall–Kier alpha value is -2.93. The van der Waals surface area contributed by atoms with E-state index in [9.17, 15) is 9.59 Å². The minimum Gasteiger partial charge on any atom is -0.496 e. The first-order valence-electron chi connectivity index (χ1n) is 7.51. The van der Waals surface area contributed by atoms with Crippen LogP contribution in [0.2, 0.25) is 5.02 Å². The van der Waals surface area contributed by atoms with Gasteiger partial charge in [-0.3, -0.25) is 4.79 Å². The van der Waals surface area contributed by atoms with Crippen molar-refractivity contribution in [1.29, 1.82) is 0 Å². The number of carbonyl (C=O) groups is 2. The third kappa shape index (κ3) is 4.58. The first-order chi connectivity index (χ1) is 12.5. The second-order valence-corrected chi connectivity index (χ2v) is 5.42. The van der Waals surface area contributed by atoms with Crippen molar-refractivity contribution >= 4 is 29.2 Å². The summed E-state index contributed by atoms with van der Waals surface area (Å²) in [6, 6.07) is 9.60. The molecule has 0 fully saturated rings. The highest BCUT2D eigenvalue weighted by atomic mass is 35.5. The Balaban J connectivity index is 2.04. The highest BCUT2D eigenvalue weighted by Gasteiger charge is 2.16. The maximum Gasteiger partial charge on any atom is 0.342 e. The van der Waals surface area contributed by atoms with Gasteiger partial charge in [0.25, 0.3) is 5.91 Å². The van der Waals surface area contributed by atoms with Crippen LogP contribution in [0.1, 0.15) is 10.4 Å². The van der Waals surface area contributed by atoms with Crippen molar-refractivity contribution in [2.24, 2.45) is 0 Å². The van der Waals surface area contributed by atoms with Crippen LogP contribution in [0.4, 0.5) is 5.69 Å². The van der Waals surface area contributed by atoms with E-state index in [1.807, 2.05) is 0 Å². The molecule has 0 radical (unpaired) electrons. The molecule has 2 rings (SSSR count). The number of hydrogen-bond donors (Lipinski definition) is 1. The minimum absolute atomic E-state index is 0.230. The molecule has 8 heteroatoms. The summed E-state index contributed by atoms with van der Waals surface area (Å²) in [7, 11) is 4.34. The maximum absolute atomic E-state index is 12.1. The van der Waals surface area contributed by atoms with Crippen LogP contribution in [0, 0.1) is 0 Å². The lowest BCUT2D eigenvalue weighted by Crippen LogP contribution is -2.21. The number of carbonyl (C=O) groups excluding carboxylic acids is 2. The summed E-state index contributed by atoms with van der Waals surface area (Å²) in [6.07, 6.45) is 0. The van der Waals surface area contributed by atoms with Crippen LogP contribution in [0.3, 0.4) is 0 Å². The monoisotopic (exact) mass is 379 g/mol. The van der Waals surface area contributed by atoms with E-state index in [-0.39, 0.29) is 5.56 Å². The van der Waals surface area contributed by atoms with Crippen LogP contribution in [0.25, 0.3) is 0 Å². The molecule has 1 N–H and O–H groups in total.